The Bertz CT molecular complexity index is 602. The minimum atomic E-state index is -2.17. The molecule has 0 fully saturated rings. The van der Waals surface area contributed by atoms with Crippen molar-refractivity contribution in [3.05, 3.63) is 70.3 Å². The van der Waals surface area contributed by atoms with E-state index < -0.39 is 58.2 Å². The van der Waals surface area contributed by atoms with Crippen molar-refractivity contribution in [1.29, 1.82) is 0 Å². The van der Waals surface area contributed by atoms with Gasteiger partial charge in [0.05, 0.1) is 58.2 Å². The molecule has 0 saturated carbocycles. The summed E-state index contributed by atoms with van der Waals surface area (Å²) in [6.07, 6.45) is 0. The van der Waals surface area contributed by atoms with Crippen molar-refractivity contribution in [2.45, 2.75) is 0 Å². The molecule has 23 heavy (non-hydrogen) atoms. The summed E-state index contributed by atoms with van der Waals surface area (Å²) in [6.45, 7) is 0. The van der Waals surface area contributed by atoms with Gasteiger partial charge in [-0.25, -0.2) is 26.3 Å². The summed E-state index contributed by atoms with van der Waals surface area (Å²) in [5, 5.41) is 0. The Morgan fingerprint density at radius 1 is 0.348 bits per heavy atom. The van der Waals surface area contributed by atoms with Gasteiger partial charge in [-0.1, -0.05) is 0 Å². The fourth-order valence-corrected chi connectivity index (χ4v) is 0.990. The van der Waals surface area contributed by atoms with Gasteiger partial charge in [-0.3, -0.25) is 17.6 Å². The molecule has 2 aromatic rings. The summed E-state index contributed by atoms with van der Waals surface area (Å²) in [5.74, 6) is -20.1. The normalized spacial score (nSPS) is 9.83. The van der Waals surface area contributed by atoms with E-state index in [1.54, 1.807) is 0 Å². The molecular formula is C12F10Yb. The van der Waals surface area contributed by atoms with Crippen LogP contribution in [-0.2, 0) is 0 Å². The largest absolute Gasteiger partial charge is 2.00 e. The maximum absolute atomic E-state index is 12.0. The number of halogens is 10. The van der Waals surface area contributed by atoms with Gasteiger partial charge in [-0.15, -0.1) is 12.1 Å². The van der Waals surface area contributed by atoms with Crippen LogP contribution in [0.4, 0.5) is 43.9 Å². The zero-order valence-electron chi connectivity index (χ0n) is 10.0. The Kier molecular flexibility index (Phi) is 8.64. The van der Waals surface area contributed by atoms with E-state index in [9.17, 15) is 43.9 Å². The second-order valence-electron chi connectivity index (χ2n) is 3.39. The van der Waals surface area contributed by atoms with Gasteiger partial charge in [-0.2, -0.15) is 0 Å². The minimum absolute atomic E-state index is 0. The molecule has 2 aromatic carbocycles. The molecule has 0 atom stereocenters. The van der Waals surface area contributed by atoms with Gasteiger partial charge in [0.1, 0.15) is 0 Å². The number of rotatable bonds is 0. The molecule has 0 aliphatic rings. The van der Waals surface area contributed by atoms with Crippen molar-refractivity contribution in [2.75, 3.05) is 0 Å². The SMILES string of the molecule is Fc1[c-]c(F)c(F)c(F)c1F.Fc1[c-]c(F)c(F)c(F)c1F.[Yb+2]. The fourth-order valence-electron chi connectivity index (χ4n) is 0.990. The molecule has 0 radical (unpaired) electrons. The summed E-state index contributed by atoms with van der Waals surface area (Å²) in [7, 11) is 0. The Hall–Kier alpha value is -0.741. The molecule has 0 spiro atoms. The van der Waals surface area contributed by atoms with Gasteiger partial charge in [0.15, 0.2) is 0 Å². The van der Waals surface area contributed by atoms with Crippen LogP contribution in [0.1, 0.15) is 0 Å². The van der Waals surface area contributed by atoms with Crippen molar-refractivity contribution < 1.29 is 90.8 Å². The van der Waals surface area contributed by atoms with Gasteiger partial charge < -0.3 is 0 Å². The predicted octanol–water partition coefficient (Wildman–Crippen LogP) is 4.36. The zero-order chi connectivity index (χ0) is 17.2. The maximum atomic E-state index is 12.0. The Balaban J connectivity index is 0.000000403. The topological polar surface area (TPSA) is 0 Å². The average Bonchev–Trinajstić information content (AvgIpc) is 2.47. The fraction of sp³-hybridized carbons (Fsp3) is 0. The standard InChI is InChI=1S/2C6F5.Yb/c2*7-2-1-3(8)5(10)6(11)4(2)9;/q2*-1;+2. The molecule has 0 aliphatic carbocycles. The van der Waals surface area contributed by atoms with E-state index >= 15 is 0 Å². The molecule has 132 valence electrons. The molecule has 0 saturated heterocycles. The van der Waals surface area contributed by atoms with Crippen molar-refractivity contribution in [2.24, 2.45) is 0 Å². The van der Waals surface area contributed by atoms with Crippen LogP contribution in [0.3, 0.4) is 0 Å². The minimum Gasteiger partial charge on any atom is -0.278 e. The van der Waals surface area contributed by atoms with Crippen LogP contribution in [0.25, 0.3) is 0 Å². The molecule has 0 bridgehead atoms. The number of hydrogen-bond acceptors (Lipinski definition) is 0. The van der Waals surface area contributed by atoms with Gasteiger partial charge in [0.25, 0.3) is 0 Å². The molecule has 0 amide bonds. The monoisotopic (exact) mass is 508 g/mol. The summed E-state index contributed by atoms with van der Waals surface area (Å²) in [6, 6.07) is 2.05. The molecular weight excluding hydrogens is 507 g/mol. The van der Waals surface area contributed by atoms with Crippen LogP contribution < -0.4 is 0 Å². The van der Waals surface area contributed by atoms with Crippen molar-refractivity contribution >= 4 is 0 Å². The van der Waals surface area contributed by atoms with E-state index in [0.29, 0.717) is 0 Å². The Morgan fingerprint density at radius 2 is 0.522 bits per heavy atom. The molecule has 0 aliphatic heterocycles. The van der Waals surface area contributed by atoms with Crippen molar-refractivity contribution in [3.8, 4) is 0 Å². The summed E-state index contributed by atoms with van der Waals surface area (Å²) in [5.41, 5.74) is 0. The van der Waals surface area contributed by atoms with E-state index in [1.807, 2.05) is 0 Å². The quantitative estimate of drug-likeness (QED) is 0.215. The number of hydrogen-bond donors (Lipinski definition) is 0. The summed E-state index contributed by atoms with van der Waals surface area (Å²) >= 11 is 0. The maximum Gasteiger partial charge on any atom is 2.00 e. The second-order valence-corrected chi connectivity index (χ2v) is 3.39. The molecule has 11 heteroatoms. The predicted molar refractivity (Wildman–Crippen MR) is 50.1 cm³/mol. The molecule has 0 nitrogen and oxygen atoms in total. The van der Waals surface area contributed by atoms with Crippen LogP contribution in [0.15, 0.2) is 0 Å². The summed E-state index contributed by atoms with van der Waals surface area (Å²) in [4.78, 5) is 0. The smallest absolute Gasteiger partial charge is 0.278 e. The van der Waals surface area contributed by atoms with Crippen molar-refractivity contribution in [3.63, 3.8) is 0 Å². The van der Waals surface area contributed by atoms with Crippen molar-refractivity contribution in [1.82, 2.24) is 0 Å². The Labute approximate surface area is 160 Å². The molecule has 0 unspecified atom stereocenters. The van der Waals surface area contributed by atoms with E-state index in [0.717, 1.165) is 12.1 Å². The third-order valence-corrected chi connectivity index (χ3v) is 1.98. The first-order valence-electron chi connectivity index (χ1n) is 4.89. The van der Waals surface area contributed by atoms with E-state index in [4.69, 9.17) is 0 Å². The van der Waals surface area contributed by atoms with E-state index in [1.165, 1.54) is 0 Å². The first-order chi connectivity index (χ1) is 10.1. The van der Waals surface area contributed by atoms with Gasteiger partial charge >= 0.3 is 46.9 Å². The average molecular weight is 507 g/mol. The van der Waals surface area contributed by atoms with Gasteiger partial charge in [0, 0.05) is 0 Å². The van der Waals surface area contributed by atoms with E-state index in [2.05, 4.69) is 0 Å². The van der Waals surface area contributed by atoms with Crippen LogP contribution in [0.5, 0.6) is 0 Å². The second kappa shape index (κ2) is 8.93. The van der Waals surface area contributed by atoms with Crippen LogP contribution in [-0.4, -0.2) is 0 Å². The molecule has 2 rings (SSSR count). The van der Waals surface area contributed by atoms with Crippen LogP contribution in [0, 0.1) is 117 Å². The third-order valence-electron chi connectivity index (χ3n) is 1.98. The first-order valence-corrected chi connectivity index (χ1v) is 4.89. The van der Waals surface area contributed by atoms with Crippen LogP contribution >= 0.6 is 0 Å². The summed E-state index contributed by atoms with van der Waals surface area (Å²) < 4.78 is 120. The molecule has 0 aromatic heterocycles. The Morgan fingerprint density at radius 3 is 0.696 bits per heavy atom. The zero-order valence-corrected chi connectivity index (χ0v) is 11.8. The first kappa shape index (κ1) is 22.3. The van der Waals surface area contributed by atoms with Gasteiger partial charge in [0.2, 0.25) is 0 Å². The van der Waals surface area contributed by atoms with E-state index in [-0.39, 0.29) is 46.9 Å². The molecule has 0 N–H and O–H groups in total. The number of benzene rings is 2. The molecule has 0 heterocycles. The van der Waals surface area contributed by atoms with Crippen LogP contribution in [0.2, 0.25) is 0 Å². The third kappa shape index (κ3) is 5.12. The van der Waals surface area contributed by atoms with Gasteiger partial charge in [-0.05, 0) is 0 Å².